The minimum atomic E-state index is -1.36. The molecule has 0 radical (unpaired) electrons. The lowest BCUT2D eigenvalue weighted by molar-refractivity contribution is -0.133. The van der Waals surface area contributed by atoms with Crippen LogP contribution in [0.25, 0.3) is 11.2 Å². The molecule has 4 atom stereocenters. The van der Waals surface area contributed by atoms with Gasteiger partial charge in [0, 0.05) is 13.2 Å². The van der Waals surface area contributed by atoms with Gasteiger partial charge in [0.05, 0.1) is 18.2 Å². The molecule has 3 aromatic rings. The zero-order chi connectivity index (χ0) is 21.6. The zero-order valence-corrected chi connectivity index (χ0v) is 16.6. The summed E-state index contributed by atoms with van der Waals surface area (Å²) >= 11 is 0. The molecule has 12 nitrogen and oxygen atoms in total. The van der Waals surface area contributed by atoms with Crippen molar-refractivity contribution in [2.75, 3.05) is 11.2 Å². The van der Waals surface area contributed by atoms with Crippen LogP contribution in [-0.4, -0.2) is 64.6 Å². The van der Waals surface area contributed by atoms with Gasteiger partial charge in [-0.05, 0) is 25.5 Å². The molecule has 0 aliphatic carbocycles. The van der Waals surface area contributed by atoms with Crippen LogP contribution in [0.3, 0.4) is 0 Å². The van der Waals surface area contributed by atoms with Crippen molar-refractivity contribution in [3.05, 3.63) is 29.8 Å². The van der Waals surface area contributed by atoms with Gasteiger partial charge in [0.1, 0.15) is 23.8 Å². The maximum absolute atomic E-state index is 11.7. The Morgan fingerprint density at radius 3 is 2.77 bits per heavy atom. The molecule has 4 heterocycles. The van der Waals surface area contributed by atoms with Gasteiger partial charge in [0.15, 0.2) is 23.5 Å². The number of hydrogen-bond acceptors (Lipinski definition) is 10. The number of aliphatic hydroxyl groups excluding tert-OH is 2. The second-order valence-electron chi connectivity index (χ2n) is 7.22. The monoisotopic (exact) mass is 414 g/mol. The summed E-state index contributed by atoms with van der Waals surface area (Å²) in [5.74, 6) is -0.183. The molecule has 0 aromatic carbocycles. The Labute approximate surface area is 171 Å². The number of aryl methyl sites for hydroxylation is 2. The predicted molar refractivity (Wildman–Crippen MR) is 108 cm³/mol. The van der Waals surface area contributed by atoms with Crippen LogP contribution in [0.5, 0.6) is 0 Å². The van der Waals surface area contributed by atoms with E-state index in [4.69, 9.17) is 10.5 Å². The van der Waals surface area contributed by atoms with Gasteiger partial charge in [0.25, 0.3) is 0 Å². The number of nitrogens with zero attached hydrogens (tertiary/aromatic N) is 6. The Morgan fingerprint density at radius 2 is 2.13 bits per heavy atom. The fourth-order valence-electron chi connectivity index (χ4n) is 3.44. The number of nitrogen functional groups attached to an aromatic ring is 1. The van der Waals surface area contributed by atoms with Gasteiger partial charge in [-0.3, -0.25) is 9.36 Å². The highest BCUT2D eigenvalue weighted by molar-refractivity contribution is 5.84. The zero-order valence-electron chi connectivity index (χ0n) is 16.6. The maximum atomic E-state index is 11.7. The lowest BCUT2D eigenvalue weighted by Gasteiger charge is -2.16. The van der Waals surface area contributed by atoms with Gasteiger partial charge in [-0.25, -0.2) is 10.4 Å². The summed E-state index contributed by atoms with van der Waals surface area (Å²) in [7, 11) is 1.91. The summed E-state index contributed by atoms with van der Waals surface area (Å²) in [6, 6.07) is 1.97. The molecular weight excluding hydrogens is 392 g/mol. The highest BCUT2D eigenvalue weighted by atomic mass is 16.6. The van der Waals surface area contributed by atoms with Gasteiger partial charge in [-0.1, -0.05) is 0 Å². The Balaban J connectivity index is 1.63. The molecule has 0 saturated carbocycles. The number of imidazole rings is 1. The van der Waals surface area contributed by atoms with Crippen LogP contribution < -0.4 is 11.2 Å². The molecule has 1 aliphatic heterocycles. The number of aliphatic hydroxyl groups is 2. The Bertz CT molecular complexity index is 1140. The first-order chi connectivity index (χ1) is 14.3. The van der Waals surface area contributed by atoms with E-state index in [1.807, 2.05) is 30.8 Å². The molecular formula is C18H22N8O4. The van der Waals surface area contributed by atoms with Crippen molar-refractivity contribution in [2.45, 2.75) is 38.4 Å². The van der Waals surface area contributed by atoms with Crippen molar-refractivity contribution in [3.8, 4) is 0 Å². The summed E-state index contributed by atoms with van der Waals surface area (Å²) < 4.78 is 8.88. The third-order valence-corrected chi connectivity index (χ3v) is 4.90. The highest BCUT2D eigenvalue weighted by Gasteiger charge is 2.46. The third kappa shape index (κ3) is 3.40. The number of carbonyl (C=O) groups excluding carboxylic acids is 1. The van der Waals surface area contributed by atoms with Gasteiger partial charge in [-0.2, -0.15) is 15.1 Å². The molecule has 158 valence electrons. The standard InChI is InChI=1S/C18H22N8O4/c1-8-4-10(25(3)6-8)5-21-24-18-22-15(19)11-16(23-18)26(7-20-11)17-13(29)12(28)14(30-17)9(2)27/h4-7,12-14,17,28-29H,1-3H3,(H3,19,22,23,24)/b21-5-/t12-,13+,14+,17+/m0/s1. The number of anilines is 2. The first kappa shape index (κ1) is 19.9. The fraction of sp³-hybridized carbons (Fsp3) is 0.389. The molecule has 0 amide bonds. The average Bonchev–Trinajstić information content (AvgIpc) is 3.32. The number of nitrogens with one attached hydrogen (secondary N) is 1. The molecule has 0 bridgehead atoms. The fourth-order valence-corrected chi connectivity index (χ4v) is 3.44. The van der Waals surface area contributed by atoms with E-state index in [0.717, 1.165) is 11.3 Å². The topological polar surface area (TPSA) is 166 Å². The number of hydrazone groups is 1. The van der Waals surface area contributed by atoms with E-state index in [9.17, 15) is 15.0 Å². The van der Waals surface area contributed by atoms with Gasteiger partial charge >= 0.3 is 0 Å². The van der Waals surface area contributed by atoms with E-state index in [-0.39, 0.29) is 17.4 Å². The predicted octanol–water partition coefficient (Wildman–Crippen LogP) is -0.290. The quantitative estimate of drug-likeness (QED) is 0.324. The molecule has 1 saturated heterocycles. The van der Waals surface area contributed by atoms with Crippen LogP contribution in [0.2, 0.25) is 0 Å². The molecule has 1 aliphatic rings. The molecule has 30 heavy (non-hydrogen) atoms. The summed E-state index contributed by atoms with van der Waals surface area (Å²) in [4.78, 5) is 24.3. The van der Waals surface area contributed by atoms with Crippen LogP contribution in [0.4, 0.5) is 11.8 Å². The number of carbonyl (C=O) groups is 1. The first-order valence-electron chi connectivity index (χ1n) is 9.20. The van der Waals surface area contributed by atoms with Crippen LogP contribution in [0.15, 0.2) is 23.7 Å². The van der Waals surface area contributed by atoms with Crippen molar-refractivity contribution in [3.63, 3.8) is 0 Å². The molecule has 4 rings (SSSR count). The summed E-state index contributed by atoms with van der Waals surface area (Å²) in [6.45, 7) is 3.26. The van der Waals surface area contributed by atoms with E-state index in [0.29, 0.717) is 5.52 Å². The largest absolute Gasteiger partial charge is 0.387 e. The molecule has 0 unspecified atom stereocenters. The number of nitrogens with two attached hydrogens (primary N) is 1. The van der Waals surface area contributed by atoms with E-state index >= 15 is 0 Å². The van der Waals surface area contributed by atoms with Crippen molar-refractivity contribution < 1.29 is 19.7 Å². The van der Waals surface area contributed by atoms with E-state index < -0.39 is 30.3 Å². The number of ketones is 1. The normalized spacial score (nSPS) is 24.2. The molecule has 5 N–H and O–H groups in total. The molecule has 3 aromatic heterocycles. The number of fused-ring (bicyclic) bond motifs is 1. The van der Waals surface area contributed by atoms with Crippen molar-refractivity contribution in [1.82, 2.24) is 24.1 Å². The minimum absolute atomic E-state index is 0.0994. The SMILES string of the molecule is CC(=O)[C@H]1O[C@@H](n2cnc3c(N)nc(N/N=C\c4cc(C)cn4C)nc32)[C@H](O)[C@@H]1O. The average molecular weight is 414 g/mol. The minimum Gasteiger partial charge on any atom is -0.387 e. The summed E-state index contributed by atoms with van der Waals surface area (Å²) in [5.41, 5.74) is 11.2. The number of ether oxygens (including phenoxy) is 1. The lowest BCUT2D eigenvalue weighted by atomic mass is 10.1. The lowest BCUT2D eigenvalue weighted by Crippen LogP contribution is -2.34. The number of hydrogen-bond donors (Lipinski definition) is 4. The summed E-state index contributed by atoms with van der Waals surface area (Å²) in [6.07, 6.45) is 0.0384. The Kier molecular flexibility index (Phi) is 4.97. The van der Waals surface area contributed by atoms with E-state index in [1.54, 1.807) is 6.21 Å². The number of rotatable bonds is 5. The van der Waals surface area contributed by atoms with Crippen LogP contribution in [0, 0.1) is 6.92 Å². The van der Waals surface area contributed by atoms with Gasteiger partial charge < -0.3 is 25.3 Å². The van der Waals surface area contributed by atoms with Crippen molar-refractivity contribution in [2.24, 2.45) is 12.1 Å². The van der Waals surface area contributed by atoms with Crippen LogP contribution in [-0.2, 0) is 16.6 Å². The Hall–Kier alpha value is -3.35. The van der Waals surface area contributed by atoms with Crippen LogP contribution in [0.1, 0.15) is 24.4 Å². The van der Waals surface area contributed by atoms with Crippen molar-refractivity contribution in [1.29, 1.82) is 0 Å². The smallest absolute Gasteiger partial charge is 0.247 e. The molecule has 12 heteroatoms. The Morgan fingerprint density at radius 1 is 1.37 bits per heavy atom. The second kappa shape index (κ2) is 7.48. The third-order valence-electron chi connectivity index (χ3n) is 4.90. The molecule has 1 fully saturated rings. The summed E-state index contributed by atoms with van der Waals surface area (Å²) in [5, 5.41) is 24.6. The molecule has 0 spiro atoms. The number of Topliss-reactive ketones (excluding diaryl/α,β-unsaturated/α-hetero) is 1. The second-order valence-corrected chi connectivity index (χ2v) is 7.22. The number of aromatic nitrogens is 5. The van der Waals surface area contributed by atoms with Gasteiger partial charge in [0.2, 0.25) is 5.95 Å². The van der Waals surface area contributed by atoms with Gasteiger partial charge in [-0.15, -0.1) is 0 Å². The van der Waals surface area contributed by atoms with E-state index in [1.165, 1.54) is 17.8 Å². The highest BCUT2D eigenvalue weighted by Crippen LogP contribution is 2.32. The van der Waals surface area contributed by atoms with Crippen LogP contribution >= 0.6 is 0 Å². The van der Waals surface area contributed by atoms with Crippen molar-refractivity contribution >= 4 is 34.9 Å². The first-order valence-corrected chi connectivity index (χ1v) is 9.20. The van der Waals surface area contributed by atoms with E-state index in [2.05, 4.69) is 25.5 Å². The maximum Gasteiger partial charge on any atom is 0.247 e.